The standard InChI is InChI=1S/C12H16N4O2S/c1-3-16(4-2)12(17)13-8-10-14-11(15-18-10)9-6-5-7-19-9/h5-7H,3-4,8H2,1-2H3,(H,13,17). The van der Waals surface area contributed by atoms with E-state index in [9.17, 15) is 4.79 Å². The van der Waals surface area contributed by atoms with E-state index in [-0.39, 0.29) is 12.6 Å². The fourth-order valence-electron chi connectivity index (χ4n) is 1.61. The summed E-state index contributed by atoms with van der Waals surface area (Å²) >= 11 is 1.55. The molecule has 2 aromatic heterocycles. The summed E-state index contributed by atoms with van der Waals surface area (Å²) in [6.45, 7) is 5.46. The zero-order valence-electron chi connectivity index (χ0n) is 10.9. The zero-order valence-corrected chi connectivity index (χ0v) is 11.7. The normalized spacial score (nSPS) is 10.4. The predicted octanol–water partition coefficient (Wildman–Crippen LogP) is 2.35. The molecule has 0 radical (unpaired) electrons. The lowest BCUT2D eigenvalue weighted by Gasteiger charge is -2.18. The molecular weight excluding hydrogens is 264 g/mol. The van der Waals surface area contributed by atoms with E-state index in [0.29, 0.717) is 24.8 Å². The molecule has 19 heavy (non-hydrogen) atoms. The van der Waals surface area contributed by atoms with E-state index in [1.165, 1.54) is 0 Å². The molecular formula is C12H16N4O2S. The molecule has 0 unspecified atom stereocenters. The van der Waals surface area contributed by atoms with Crippen LogP contribution in [-0.2, 0) is 6.54 Å². The van der Waals surface area contributed by atoms with Crippen LogP contribution in [0.4, 0.5) is 4.79 Å². The first-order valence-electron chi connectivity index (χ1n) is 6.13. The zero-order chi connectivity index (χ0) is 13.7. The largest absolute Gasteiger partial charge is 0.337 e. The van der Waals surface area contributed by atoms with Crippen LogP contribution in [0.2, 0.25) is 0 Å². The summed E-state index contributed by atoms with van der Waals surface area (Å²) in [5.74, 6) is 0.964. The van der Waals surface area contributed by atoms with Crippen molar-refractivity contribution < 1.29 is 9.32 Å². The molecule has 7 heteroatoms. The first-order valence-corrected chi connectivity index (χ1v) is 7.01. The van der Waals surface area contributed by atoms with Crippen molar-refractivity contribution in [1.29, 1.82) is 0 Å². The number of urea groups is 1. The van der Waals surface area contributed by atoms with Crippen LogP contribution in [-0.4, -0.2) is 34.2 Å². The molecule has 6 nitrogen and oxygen atoms in total. The number of thiophene rings is 1. The van der Waals surface area contributed by atoms with Gasteiger partial charge in [0.05, 0.1) is 11.4 Å². The van der Waals surface area contributed by atoms with Crippen molar-refractivity contribution in [2.75, 3.05) is 13.1 Å². The maximum absolute atomic E-state index is 11.7. The quantitative estimate of drug-likeness (QED) is 0.912. The number of nitrogens with zero attached hydrogens (tertiary/aromatic N) is 3. The molecule has 0 saturated heterocycles. The number of aromatic nitrogens is 2. The Morgan fingerprint density at radius 1 is 1.47 bits per heavy atom. The van der Waals surface area contributed by atoms with Crippen LogP contribution in [0.1, 0.15) is 19.7 Å². The van der Waals surface area contributed by atoms with Crippen molar-refractivity contribution in [3.63, 3.8) is 0 Å². The van der Waals surface area contributed by atoms with Gasteiger partial charge >= 0.3 is 6.03 Å². The van der Waals surface area contributed by atoms with Gasteiger partial charge in [-0.1, -0.05) is 11.2 Å². The Labute approximate surface area is 115 Å². The lowest BCUT2D eigenvalue weighted by molar-refractivity contribution is 0.201. The maximum atomic E-state index is 11.7. The first kappa shape index (κ1) is 13.5. The van der Waals surface area contributed by atoms with E-state index in [1.54, 1.807) is 16.2 Å². The second-order valence-corrected chi connectivity index (χ2v) is 4.77. The first-order chi connectivity index (χ1) is 9.24. The molecule has 2 rings (SSSR count). The SMILES string of the molecule is CCN(CC)C(=O)NCc1nc(-c2cccs2)no1. The Morgan fingerprint density at radius 2 is 2.26 bits per heavy atom. The van der Waals surface area contributed by atoms with Crippen molar-refractivity contribution in [3.05, 3.63) is 23.4 Å². The van der Waals surface area contributed by atoms with Gasteiger partial charge in [-0.25, -0.2) is 4.79 Å². The van der Waals surface area contributed by atoms with Crippen LogP contribution in [0, 0.1) is 0 Å². The van der Waals surface area contributed by atoms with Gasteiger partial charge in [0.25, 0.3) is 0 Å². The third-order valence-corrected chi connectivity index (χ3v) is 3.52. The molecule has 0 aliphatic carbocycles. The minimum Gasteiger partial charge on any atom is -0.337 e. The van der Waals surface area contributed by atoms with Gasteiger partial charge in [-0.15, -0.1) is 11.3 Å². The summed E-state index contributed by atoms with van der Waals surface area (Å²) in [5.41, 5.74) is 0. The Kier molecular flexibility index (Phi) is 4.51. The Morgan fingerprint density at radius 3 is 2.89 bits per heavy atom. The highest BCUT2D eigenvalue weighted by molar-refractivity contribution is 7.13. The minimum atomic E-state index is -0.124. The second kappa shape index (κ2) is 6.33. The fourth-order valence-corrected chi connectivity index (χ4v) is 2.26. The van der Waals surface area contributed by atoms with Crippen LogP contribution in [0.25, 0.3) is 10.7 Å². The molecule has 2 heterocycles. The average Bonchev–Trinajstić information content (AvgIpc) is 3.08. The molecule has 102 valence electrons. The summed E-state index contributed by atoms with van der Waals surface area (Å²) in [6.07, 6.45) is 0. The second-order valence-electron chi connectivity index (χ2n) is 3.82. The van der Waals surface area contributed by atoms with Gasteiger partial charge in [-0.05, 0) is 25.3 Å². The van der Waals surface area contributed by atoms with E-state index >= 15 is 0 Å². The molecule has 2 aromatic rings. The molecule has 0 aromatic carbocycles. The van der Waals surface area contributed by atoms with E-state index in [2.05, 4.69) is 15.5 Å². The van der Waals surface area contributed by atoms with Crippen molar-refractivity contribution in [3.8, 4) is 10.7 Å². The molecule has 0 aliphatic rings. The summed E-state index contributed by atoms with van der Waals surface area (Å²) in [5, 5.41) is 8.59. The Hall–Kier alpha value is -1.89. The number of nitrogens with one attached hydrogen (secondary N) is 1. The minimum absolute atomic E-state index is 0.124. The van der Waals surface area contributed by atoms with Crippen molar-refractivity contribution in [2.24, 2.45) is 0 Å². The Balaban J connectivity index is 1.92. The number of hydrogen-bond donors (Lipinski definition) is 1. The lowest BCUT2D eigenvalue weighted by atomic mass is 10.4. The van der Waals surface area contributed by atoms with Gasteiger partial charge in [-0.2, -0.15) is 4.98 Å². The molecule has 0 fully saturated rings. The van der Waals surface area contributed by atoms with Gasteiger partial charge in [-0.3, -0.25) is 0 Å². The van der Waals surface area contributed by atoms with E-state index in [1.807, 2.05) is 31.4 Å². The fraction of sp³-hybridized carbons (Fsp3) is 0.417. The van der Waals surface area contributed by atoms with Gasteiger partial charge < -0.3 is 14.7 Å². The van der Waals surface area contributed by atoms with Crippen LogP contribution >= 0.6 is 11.3 Å². The third kappa shape index (κ3) is 3.31. The molecule has 0 aliphatic heterocycles. The molecule has 0 atom stereocenters. The average molecular weight is 280 g/mol. The number of hydrogen-bond acceptors (Lipinski definition) is 5. The Bertz CT molecular complexity index is 520. The van der Waals surface area contributed by atoms with Crippen molar-refractivity contribution >= 4 is 17.4 Å². The highest BCUT2D eigenvalue weighted by Crippen LogP contribution is 2.21. The maximum Gasteiger partial charge on any atom is 0.317 e. The summed E-state index contributed by atoms with van der Waals surface area (Å²) in [6, 6.07) is 3.73. The highest BCUT2D eigenvalue weighted by Gasteiger charge is 2.12. The molecule has 2 amide bonds. The van der Waals surface area contributed by atoms with Gasteiger partial charge in [0.15, 0.2) is 0 Å². The van der Waals surface area contributed by atoms with Gasteiger partial charge in [0, 0.05) is 13.1 Å². The summed E-state index contributed by atoms with van der Waals surface area (Å²) < 4.78 is 5.10. The van der Waals surface area contributed by atoms with Crippen molar-refractivity contribution in [2.45, 2.75) is 20.4 Å². The van der Waals surface area contributed by atoms with Crippen LogP contribution in [0.3, 0.4) is 0 Å². The van der Waals surface area contributed by atoms with E-state index in [4.69, 9.17) is 4.52 Å². The van der Waals surface area contributed by atoms with E-state index < -0.39 is 0 Å². The predicted molar refractivity (Wildman–Crippen MR) is 72.8 cm³/mol. The number of rotatable bonds is 5. The van der Waals surface area contributed by atoms with Crippen molar-refractivity contribution in [1.82, 2.24) is 20.4 Å². The number of carbonyl (C=O) groups excluding carboxylic acids is 1. The van der Waals surface area contributed by atoms with Gasteiger partial charge in [0.2, 0.25) is 11.7 Å². The van der Waals surface area contributed by atoms with E-state index in [0.717, 1.165) is 4.88 Å². The summed E-state index contributed by atoms with van der Waals surface area (Å²) in [4.78, 5) is 18.6. The molecule has 1 N–H and O–H groups in total. The van der Waals surface area contributed by atoms with Gasteiger partial charge in [0.1, 0.15) is 0 Å². The summed E-state index contributed by atoms with van der Waals surface area (Å²) in [7, 11) is 0. The topological polar surface area (TPSA) is 71.3 Å². The number of carbonyl (C=O) groups is 1. The van der Waals surface area contributed by atoms with Crippen LogP contribution in [0.15, 0.2) is 22.0 Å². The molecule has 0 bridgehead atoms. The smallest absolute Gasteiger partial charge is 0.317 e. The molecule has 0 saturated carbocycles. The number of amides is 2. The lowest BCUT2D eigenvalue weighted by Crippen LogP contribution is -2.39. The van der Waals surface area contributed by atoms with Crippen LogP contribution < -0.4 is 5.32 Å². The monoisotopic (exact) mass is 280 g/mol. The third-order valence-electron chi connectivity index (χ3n) is 2.65. The molecule has 0 spiro atoms. The highest BCUT2D eigenvalue weighted by atomic mass is 32.1. The van der Waals surface area contributed by atoms with Crippen LogP contribution in [0.5, 0.6) is 0 Å².